The molecule has 0 saturated heterocycles. The number of benzene rings is 1. The van der Waals surface area contributed by atoms with Gasteiger partial charge in [0.15, 0.2) is 16.7 Å². The number of thiocarbonyl (C=S) groups is 1. The molecule has 1 aromatic heterocycles. The van der Waals surface area contributed by atoms with Gasteiger partial charge in [-0.1, -0.05) is 17.7 Å². The van der Waals surface area contributed by atoms with E-state index in [1.807, 2.05) is 0 Å². The number of nitrogens with one attached hydrogen (secondary N) is 2. The summed E-state index contributed by atoms with van der Waals surface area (Å²) < 4.78 is 19.3. The lowest BCUT2D eigenvalue weighted by atomic mass is 10.2. The number of rotatable bonds is 4. The third kappa shape index (κ3) is 4.03. The van der Waals surface area contributed by atoms with E-state index in [2.05, 4.69) is 15.6 Å². The number of ether oxygens (including phenoxy) is 1. The third-order valence-corrected chi connectivity index (χ3v) is 3.32. The fourth-order valence-electron chi connectivity index (χ4n) is 1.59. The Morgan fingerprint density at radius 3 is 2.90 bits per heavy atom. The molecule has 4 nitrogen and oxygen atoms in total. The molecule has 1 aromatic carbocycles. The minimum absolute atomic E-state index is 0.00179. The second kappa shape index (κ2) is 7.19. The van der Waals surface area contributed by atoms with Gasteiger partial charge in [0.25, 0.3) is 0 Å². The van der Waals surface area contributed by atoms with Crippen molar-refractivity contribution in [1.29, 1.82) is 0 Å². The summed E-state index contributed by atoms with van der Waals surface area (Å²) in [6.45, 7) is -0.00179. The molecule has 0 spiro atoms. The molecule has 0 aliphatic carbocycles. The van der Waals surface area contributed by atoms with E-state index >= 15 is 0 Å². The first-order chi connectivity index (χ1) is 10.1. The standard InChI is InChI=1S/C14H13ClFN3OS/c1-17-14(21)19-13-12(6-3-7-18-13)20-8-9-10(15)4-2-5-11(9)16/h2-7H,8H2,1H3,(H2,17,18,19,21). The Labute approximate surface area is 132 Å². The first-order valence-corrected chi connectivity index (χ1v) is 6.90. The molecule has 0 radical (unpaired) electrons. The van der Waals surface area contributed by atoms with Gasteiger partial charge in [0.05, 0.1) is 5.02 Å². The summed E-state index contributed by atoms with van der Waals surface area (Å²) in [6, 6.07) is 7.92. The van der Waals surface area contributed by atoms with Crippen LogP contribution in [0.2, 0.25) is 5.02 Å². The van der Waals surface area contributed by atoms with Crippen LogP contribution in [0.5, 0.6) is 5.75 Å². The Bertz CT molecular complexity index is 634. The van der Waals surface area contributed by atoms with E-state index in [9.17, 15) is 4.39 Å². The summed E-state index contributed by atoms with van der Waals surface area (Å²) in [5.74, 6) is 0.491. The van der Waals surface area contributed by atoms with E-state index < -0.39 is 5.82 Å². The molecule has 1 heterocycles. The number of anilines is 1. The zero-order valence-electron chi connectivity index (χ0n) is 11.2. The van der Waals surface area contributed by atoms with Gasteiger partial charge in [-0.05, 0) is 36.5 Å². The predicted octanol–water partition coefficient (Wildman–Crippen LogP) is 3.37. The fraction of sp³-hybridized carbons (Fsp3) is 0.143. The SMILES string of the molecule is CNC(=S)Nc1ncccc1OCc1c(F)cccc1Cl. The molecular formula is C14H13ClFN3OS. The Hall–Kier alpha value is -1.92. The van der Waals surface area contributed by atoms with Crippen LogP contribution in [0.15, 0.2) is 36.5 Å². The second-order valence-corrected chi connectivity index (χ2v) is 4.86. The van der Waals surface area contributed by atoms with Crippen LogP contribution in [-0.2, 0) is 6.61 Å². The zero-order valence-corrected chi connectivity index (χ0v) is 12.8. The summed E-state index contributed by atoms with van der Waals surface area (Å²) in [7, 11) is 1.69. The van der Waals surface area contributed by atoms with Crippen molar-refractivity contribution < 1.29 is 9.13 Å². The van der Waals surface area contributed by atoms with Crippen LogP contribution in [0, 0.1) is 5.82 Å². The first-order valence-electron chi connectivity index (χ1n) is 6.11. The predicted molar refractivity (Wildman–Crippen MR) is 85.3 cm³/mol. The van der Waals surface area contributed by atoms with Crippen molar-refractivity contribution in [3.8, 4) is 5.75 Å². The van der Waals surface area contributed by atoms with Crippen molar-refractivity contribution in [3.63, 3.8) is 0 Å². The van der Waals surface area contributed by atoms with Gasteiger partial charge in [0.1, 0.15) is 12.4 Å². The zero-order chi connectivity index (χ0) is 15.2. The molecule has 21 heavy (non-hydrogen) atoms. The lowest BCUT2D eigenvalue weighted by Crippen LogP contribution is -2.25. The monoisotopic (exact) mass is 325 g/mol. The van der Waals surface area contributed by atoms with Crippen LogP contribution in [0.1, 0.15) is 5.56 Å². The van der Waals surface area contributed by atoms with Gasteiger partial charge in [-0.3, -0.25) is 0 Å². The number of aromatic nitrogens is 1. The van der Waals surface area contributed by atoms with Gasteiger partial charge in [0, 0.05) is 18.8 Å². The van der Waals surface area contributed by atoms with Gasteiger partial charge >= 0.3 is 0 Å². The highest BCUT2D eigenvalue weighted by Crippen LogP contribution is 2.25. The average Bonchev–Trinajstić information content (AvgIpc) is 2.48. The molecule has 0 unspecified atom stereocenters. The molecular weight excluding hydrogens is 313 g/mol. The second-order valence-electron chi connectivity index (χ2n) is 4.04. The quantitative estimate of drug-likeness (QED) is 0.844. The van der Waals surface area contributed by atoms with Gasteiger partial charge in [0.2, 0.25) is 0 Å². The Morgan fingerprint density at radius 2 is 2.19 bits per heavy atom. The maximum Gasteiger partial charge on any atom is 0.174 e. The van der Waals surface area contributed by atoms with E-state index in [-0.39, 0.29) is 6.61 Å². The lowest BCUT2D eigenvalue weighted by molar-refractivity contribution is 0.300. The van der Waals surface area contributed by atoms with Gasteiger partial charge < -0.3 is 15.4 Å². The summed E-state index contributed by atoms with van der Waals surface area (Å²) in [6.07, 6.45) is 1.60. The molecule has 7 heteroatoms. The van der Waals surface area contributed by atoms with Crippen LogP contribution < -0.4 is 15.4 Å². The number of hydrogen-bond donors (Lipinski definition) is 2. The van der Waals surface area contributed by atoms with Crippen LogP contribution >= 0.6 is 23.8 Å². The Balaban J connectivity index is 2.15. The molecule has 0 bridgehead atoms. The molecule has 0 amide bonds. The van der Waals surface area contributed by atoms with E-state index in [4.69, 9.17) is 28.6 Å². The van der Waals surface area contributed by atoms with Crippen LogP contribution in [0.4, 0.5) is 10.2 Å². The molecule has 2 aromatic rings. The molecule has 0 aliphatic heterocycles. The maximum absolute atomic E-state index is 13.7. The largest absolute Gasteiger partial charge is 0.485 e. The Kier molecular flexibility index (Phi) is 5.30. The highest BCUT2D eigenvalue weighted by molar-refractivity contribution is 7.80. The molecule has 2 N–H and O–H groups in total. The van der Waals surface area contributed by atoms with E-state index in [1.165, 1.54) is 6.07 Å². The number of halogens is 2. The molecule has 0 aliphatic rings. The fourth-order valence-corrected chi connectivity index (χ4v) is 1.91. The highest BCUT2D eigenvalue weighted by atomic mass is 35.5. The van der Waals surface area contributed by atoms with Crippen molar-refractivity contribution in [2.45, 2.75) is 6.61 Å². The van der Waals surface area contributed by atoms with Gasteiger partial charge in [-0.15, -0.1) is 0 Å². The number of nitrogens with zero attached hydrogens (tertiary/aromatic N) is 1. The molecule has 0 saturated carbocycles. The van der Waals surface area contributed by atoms with Gasteiger partial charge in [-0.25, -0.2) is 9.37 Å². The Morgan fingerprint density at radius 1 is 1.38 bits per heavy atom. The third-order valence-electron chi connectivity index (χ3n) is 2.66. The van der Waals surface area contributed by atoms with Crippen LogP contribution in [-0.4, -0.2) is 17.1 Å². The summed E-state index contributed by atoms with van der Waals surface area (Å²) in [5, 5.41) is 6.38. The number of pyridine rings is 1. The minimum atomic E-state index is -0.411. The van der Waals surface area contributed by atoms with E-state index in [0.29, 0.717) is 27.3 Å². The van der Waals surface area contributed by atoms with Crippen molar-refractivity contribution in [1.82, 2.24) is 10.3 Å². The smallest absolute Gasteiger partial charge is 0.174 e. The molecule has 2 rings (SSSR count). The van der Waals surface area contributed by atoms with Crippen LogP contribution in [0.25, 0.3) is 0 Å². The topological polar surface area (TPSA) is 46.2 Å². The molecule has 0 fully saturated rings. The number of hydrogen-bond acceptors (Lipinski definition) is 3. The normalized spacial score (nSPS) is 10.0. The minimum Gasteiger partial charge on any atom is -0.485 e. The van der Waals surface area contributed by atoms with Crippen molar-refractivity contribution in [2.75, 3.05) is 12.4 Å². The van der Waals surface area contributed by atoms with E-state index in [0.717, 1.165) is 0 Å². The van der Waals surface area contributed by atoms with Crippen molar-refractivity contribution in [2.24, 2.45) is 0 Å². The van der Waals surface area contributed by atoms with Crippen molar-refractivity contribution >= 4 is 34.7 Å². The molecule has 110 valence electrons. The summed E-state index contributed by atoms with van der Waals surface area (Å²) in [5.41, 5.74) is 0.296. The van der Waals surface area contributed by atoms with E-state index in [1.54, 1.807) is 37.5 Å². The van der Waals surface area contributed by atoms with Crippen molar-refractivity contribution in [3.05, 3.63) is 52.9 Å². The average molecular weight is 326 g/mol. The summed E-state index contributed by atoms with van der Waals surface area (Å²) in [4.78, 5) is 4.13. The first kappa shape index (κ1) is 15.5. The van der Waals surface area contributed by atoms with Crippen LogP contribution in [0.3, 0.4) is 0 Å². The summed E-state index contributed by atoms with van der Waals surface area (Å²) >= 11 is 11.0. The lowest BCUT2D eigenvalue weighted by Gasteiger charge is -2.13. The van der Waals surface area contributed by atoms with Gasteiger partial charge in [-0.2, -0.15) is 0 Å². The highest BCUT2D eigenvalue weighted by Gasteiger charge is 2.10. The maximum atomic E-state index is 13.7. The molecule has 0 atom stereocenters.